The quantitative estimate of drug-likeness (QED) is 0.393. The van der Waals surface area contributed by atoms with Crippen LogP contribution in [0.15, 0.2) is 65.9 Å². The molecule has 1 aromatic heterocycles. The molecular weight excluding hydrogens is 378 g/mol. The third kappa shape index (κ3) is 5.66. The van der Waals surface area contributed by atoms with Crippen molar-refractivity contribution in [2.24, 2.45) is 4.99 Å². The third-order valence-corrected chi connectivity index (χ3v) is 4.50. The third-order valence-electron chi connectivity index (χ3n) is 4.50. The lowest BCUT2D eigenvalue weighted by atomic mass is 10.1. The van der Waals surface area contributed by atoms with E-state index in [1.807, 2.05) is 66.1 Å². The van der Waals surface area contributed by atoms with E-state index in [-0.39, 0.29) is 5.91 Å². The molecule has 0 unspecified atom stereocenters. The maximum Gasteiger partial charge on any atom is 0.251 e. The zero-order valence-corrected chi connectivity index (χ0v) is 17.3. The van der Waals surface area contributed by atoms with E-state index in [4.69, 9.17) is 0 Å². The van der Waals surface area contributed by atoms with Gasteiger partial charge in [-0.05, 0) is 43.2 Å². The number of nitrogens with zero attached hydrogens (tertiary/aromatic N) is 4. The van der Waals surface area contributed by atoms with Crippen molar-refractivity contribution in [3.05, 3.63) is 77.9 Å². The normalized spacial score (nSPS) is 11.2. The second-order valence-electron chi connectivity index (χ2n) is 6.60. The summed E-state index contributed by atoms with van der Waals surface area (Å²) >= 11 is 0. The zero-order valence-electron chi connectivity index (χ0n) is 17.3. The molecule has 3 N–H and O–H groups in total. The zero-order chi connectivity index (χ0) is 21.2. The van der Waals surface area contributed by atoms with Gasteiger partial charge >= 0.3 is 0 Å². The van der Waals surface area contributed by atoms with Crippen molar-refractivity contribution in [1.82, 2.24) is 30.7 Å². The molecule has 3 aromatic rings. The summed E-state index contributed by atoms with van der Waals surface area (Å²) in [4.78, 5) is 16.4. The van der Waals surface area contributed by atoms with Gasteiger partial charge in [0.25, 0.3) is 5.91 Å². The maximum absolute atomic E-state index is 11.8. The van der Waals surface area contributed by atoms with Gasteiger partial charge in [-0.2, -0.15) is 0 Å². The van der Waals surface area contributed by atoms with Gasteiger partial charge in [0.1, 0.15) is 12.9 Å². The Kier molecular flexibility index (Phi) is 7.54. The predicted octanol–water partition coefficient (Wildman–Crippen LogP) is 1.92. The van der Waals surface area contributed by atoms with Crippen LogP contribution in [0, 0.1) is 0 Å². The number of carbonyl (C=O) groups is 1. The number of carbonyl (C=O) groups excluding carboxylic acids is 1. The van der Waals surface area contributed by atoms with Crippen molar-refractivity contribution in [2.75, 3.05) is 20.1 Å². The van der Waals surface area contributed by atoms with Crippen molar-refractivity contribution in [1.29, 1.82) is 0 Å². The first-order valence-corrected chi connectivity index (χ1v) is 9.98. The minimum atomic E-state index is -0.0813. The van der Waals surface area contributed by atoms with Gasteiger partial charge in [0.2, 0.25) is 0 Å². The van der Waals surface area contributed by atoms with Crippen molar-refractivity contribution in [3.8, 4) is 5.69 Å². The van der Waals surface area contributed by atoms with E-state index < -0.39 is 0 Å². The molecule has 0 radical (unpaired) electrons. The SMILES string of the molecule is CCNC(=NCc1nncn1-c1ccccc1)NCCc1cccc(C(=O)NC)c1. The van der Waals surface area contributed by atoms with Crippen LogP contribution in [0.5, 0.6) is 0 Å². The van der Waals surface area contributed by atoms with Crippen LogP contribution >= 0.6 is 0 Å². The van der Waals surface area contributed by atoms with E-state index in [0.29, 0.717) is 24.6 Å². The first-order valence-electron chi connectivity index (χ1n) is 9.98. The molecular formula is C22H27N7O. The molecule has 0 aliphatic rings. The van der Waals surface area contributed by atoms with E-state index >= 15 is 0 Å². The summed E-state index contributed by atoms with van der Waals surface area (Å²) in [5.41, 5.74) is 2.75. The van der Waals surface area contributed by atoms with Gasteiger partial charge in [0.05, 0.1) is 0 Å². The average Bonchev–Trinajstić information content (AvgIpc) is 3.26. The van der Waals surface area contributed by atoms with Crippen LogP contribution < -0.4 is 16.0 Å². The Balaban J connectivity index is 1.61. The van der Waals surface area contributed by atoms with Crippen molar-refractivity contribution < 1.29 is 4.79 Å². The summed E-state index contributed by atoms with van der Waals surface area (Å²) in [7, 11) is 1.63. The first kappa shape index (κ1) is 21.0. The lowest BCUT2D eigenvalue weighted by molar-refractivity contribution is 0.0963. The predicted molar refractivity (Wildman–Crippen MR) is 118 cm³/mol. The van der Waals surface area contributed by atoms with Crippen LogP contribution in [0.25, 0.3) is 5.69 Å². The number of aromatic nitrogens is 3. The highest BCUT2D eigenvalue weighted by atomic mass is 16.1. The summed E-state index contributed by atoms with van der Waals surface area (Å²) in [6.45, 7) is 3.87. The molecule has 8 nitrogen and oxygen atoms in total. The van der Waals surface area contributed by atoms with Crippen molar-refractivity contribution >= 4 is 11.9 Å². The molecule has 0 saturated heterocycles. The van der Waals surface area contributed by atoms with Gasteiger partial charge in [-0.25, -0.2) is 4.99 Å². The number of hydrogen-bond acceptors (Lipinski definition) is 4. The van der Waals surface area contributed by atoms with E-state index in [9.17, 15) is 4.79 Å². The number of hydrogen-bond donors (Lipinski definition) is 3. The van der Waals surface area contributed by atoms with Gasteiger partial charge in [-0.3, -0.25) is 9.36 Å². The summed E-state index contributed by atoms with van der Waals surface area (Å²) in [6.07, 6.45) is 2.47. The Labute approximate surface area is 176 Å². The lowest BCUT2D eigenvalue weighted by Gasteiger charge is -2.12. The van der Waals surface area contributed by atoms with E-state index in [0.717, 1.165) is 30.0 Å². The van der Waals surface area contributed by atoms with Crippen molar-refractivity contribution in [2.45, 2.75) is 19.9 Å². The fourth-order valence-electron chi connectivity index (χ4n) is 3.00. The number of benzene rings is 2. The van der Waals surface area contributed by atoms with Crippen LogP contribution in [0.4, 0.5) is 0 Å². The fraction of sp³-hybridized carbons (Fsp3) is 0.273. The summed E-state index contributed by atoms with van der Waals surface area (Å²) < 4.78 is 1.93. The molecule has 0 aliphatic carbocycles. The molecule has 0 spiro atoms. The highest BCUT2D eigenvalue weighted by molar-refractivity contribution is 5.94. The number of rotatable bonds is 8. The van der Waals surface area contributed by atoms with Crippen LogP contribution in [-0.2, 0) is 13.0 Å². The monoisotopic (exact) mass is 405 g/mol. The molecule has 1 amide bonds. The standard InChI is InChI=1S/C22H27N7O/c1-3-24-22(25-13-12-17-8-7-9-18(14-17)21(30)23-2)26-15-20-28-27-16-29(20)19-10-5-4-6-11-19/h4-11,14,16H,3,12-13,15H2,1-2H3,(H,23,30)(H2,24,25,26). The molecule has 156 valence electrons. The summed E-state index contributed by atoms with van der Waals surface area (Å²) in [6, 6.07) is 17.6. The molecule has 0 bridgehead atoms. The lowest BCUT2D eigenvalue weighted by Crippen LogP contribution is -2.38. The second kappa shape index (κ2) is 10.8. The van der Waals surface area contributed by atoms with Crippen LogP contribution in [0.3, 0.4) is 0 Å². The van der Waals surface area contributed by atoms with Gasteiger partial charge in [-0.1, -0.05) is 30.3 Å². The molecule has 30 heavy (non-hydrogen) atoms. The number of para-hydroxylation sites is 1. The first-order chi connectivity index (χ1) is 14.7. The maximum atomic E-state index is 11.8. The smallest absolute Gasteiger partial charge is 0.251 e. The van der Waals surface area contributed by atoms with Gasteiger partial charge in [-0.15, -0.1) is 10.2 Å². The van der Waals surface area contributed by atoms with Gasteiger partial charge in [0.15, 0.2) is 11.8 Å². The molecule has 0 aliphatic heterocycles. The van der Waals surface area contributed by atoms with Gasteiger partial charge < -0.3 is 16.0 Å². The average molecular weight is 406 g/mol. The molecule has 8 heteroatoms. The Hall–Kier alpha value is -3.68. The Bertz CT molecular complexity index is 982. The second-order valence-corrected chi connectivity index (χ2v) is 6.60. The number of nitrogens with one attached hydrogen (secondary N) is 3. The highest BCUT2D eigenvalue weighted by Gasteiger charge is 2.07. The fourth-order valence-corrected chi connectivity index (χ4v) is 3.00. The Morgan fingerprint density at radius 2 is 1.93 bits per heavy atom. The van der Waals surface area contributed by atoms with E-state index in [1.165, 1.54) is 0 Å². The van der Waals surface area contributed by atoms with E-state index in [1.54, 1.807) is 13.4 Å². The summed E-state index contributed by atoms with van der Waals surface area (Å²) in [5.74, 6) is 1.39. The minimum absolute atomic E-state index is 0.0813. The highest BCUT2D eigenvalue weighted by Crippen LogP contribution is 2.09. The number of guanidine groups is 1. The molecule has 3 rings (SSSR count). The number of aliphatic imine (C=N–C) groups is 1. The van der Waals surface area contributed by atoms with Crippen LogP contribution in [0.1, 0.15) is 28.7 Å². The summed E-state index contributed by atoms with van der Waals surface area (Å²) in [5, 5.41) is 17.5. The van der Waals surface area contributed by atoms with Crippen LogP contribution in [0.2, 0.25) is 0 Å². The topological polar surface area (TPSA) is 96.2 Å². The molecule has 0 fully saturated rings. The molecule has 2 aromatic carbocycles. The molecule has 0 atom stereocenters. The largest absolute Gasteiger partial charge is 0.357 e. The van der Waals surface area contributed by atoms with Crippen molar-refractivity contribution in [3.63, 3.8) is 0 Å². The number of amides is 1. The Morgan fingerprint density at radius 3 is 2.70 bits per heavy atom. The molecule has 1 heterocycles. The Morgan fingerprint density at radius 1 is 1.10 bits per heavy atom. The van der Waals surface area contributed by atoms with Crippen LogP contribution in [-0.4, -0.2) is 46.8 Å². The molecule has 0 saturated carbocycles. The van der Waals surface area contributed by atoms with Gasteiger partial charge in [0, 0.05) is 31.4 Å². The minimum Gasteiger partial charge on any atom is -0.357 e. The van der Waals surface area contributed by atoms with E-state index in [2.05, 4.69) is 31.1 Å².